The van der Waals surface area contributed by atoms with Gasteiger partial charge in [-0.2, -0.15) is 0 Å². The third-order valence-corrected chi connectivity index (χ3v) is 19.2. The summed E-state index contributed by atoms with van der Waals surface area (Å²) in [7, 11) is 1.53. The van der Waals surface area contributed by atoms with Gasteiger partial charge in [0.05, 0.1) is 38.4 Å². The van der Waals surface area contributed by atoms with Gasteiger partial charge in [0.1, 0.15) is 67.1 Å². The van der Waals surface area contributed by atoms with E-state index in [1.807, 2.05) is 0 Å². The molecule has 65 heavy (non-hydrogen) atoms. The largest absolute Gasteiger partial charge is 0.469 e. The van der Waals surface area contributed by atoms with Crippen molar-refractivity contribution in [3.63, 3.8) is 0 Å². The summed E-state index contributed by atoms with van der Waals surface area (Å²) in [5.41, 5.74) is 0.455. The van der Waals surface area contributed by atoms with Gasteiger partial charge in [-0.05, 0) is 109 Å². The molecule has 372 valence electrons. The summed E-state index contributed by atoms with van der Waals surface area (Å²) >= 11 is 0. The van der Waals surface area contributed by atoms with Crippen molar-refractivity contribution in [1.82, 2.24) is 0 Å². The highest BCUT2D eigenvalue weighted by molar-refractivity contribution is 5.78. The van der Waals surface area contributed by atoms with Crippen molar-refractivity contribution >= 4 is 5.97 Å². The molecule has 22 atom stereocenters. The first-order valence-electron chi connectivity index (χ1n) is 24.1. The Balaban J connectivity index is 1.03. The molecule has 8 aliphatic rings. The Kier molecular flexibility index (Phi) is 13.7. The molecule has 0 aromatic rings. The fourth-order valence-corrected chi connectivity index (χ4v) is 15.0. The summed E-state index contributed by atoms with van der Waals surface area (Å²) in [6, 6.07) is 0. The Labute approximate surface area is 382 Å². The SMILES string of the molecule is COC(=O)[C@]12CCC(C)(C)C[C@@H]1C1=CC[C@@H]3[C@@]4(C)CC[C@H](O[C@@H]5O[C@H](CO[C@@H]6O[C@H](CO)[C@H](O)[C@H](O)[C@H]6O)[C@H](O)[C@H](O[C@@H]6O[C@@H](CO)[C@@H](O)[C@@H]6O)[C@H]5O)C(C)(C)[C@@H]4CC[C@@]3(C)[C@]1(C)CC2. The first-order chi connectivity index (χ1) is 30.4. The molecule has 7 fully saturated rings. The van der Waals surface area contributed by atoms with E-state index in [-0.39, 0.29) is 39.5 Å². The monoisotopic (exact) mass is 927 g/mol. The maximum Gasteiger partial charge on any atom is 0.312 e. The lowest BCUT2D eigenvalue weighted by Crippen LogP contribution is -2.66. The number of ether oxygens (including phenoxy) is 7. The number of allylic oxidation sites excluding steroid dienone is 2. The predicted molar refractivity (Wildman–Crippen MR) is 229 cm³/mol. The number of carbonyl (C=O) groups excluding carboxylic acids is 1. The molecular weight excluding hydrogens is 849 g/mol. The quantitative estimate of drug-likeness (QED) is 0.0853. The van der Waals surface area contributed by atoms with E-state index in [2.05, 4.69) is 54.5 Å². The molecule has 0 unspecified atom stereocenters. The van der Waals surface area contributed by atoms with Gasteiger partial charge in [0.15, 0.2) is 18.9 Å². The maximum atomic E-state index is 13.7. The summed E-state index contributed by atoms with van der Waals surface area (Å²) in [5, 5.41) is 95.6. The zero-order valence-corrected chi connectivity index (χ0v) is 39.5. The van der Waals surface area contributed by atoms with Gasteiger partial charge in [0.2, 0.25) is 0 Å². The van der Waals surface area contributed by atoms with E-state index in [0.717, 1.165) is 57.8 Å². The van der Waals surface area contributed by atoms with Crippen LogP contribution in [-0.4, -0.2) is 171 Å². The van der Waals surface area contributed by atoms with Gasteiger partial charge in [0.25, 0.3) is 0 Å². The van der Waals surface area contributed by atoms with Gasteiger partial charge in [0, 0.05) is 0 Å². The molecule has 9 N–H and O–H groups in total. The molecule has 0 bridgehead atoms. The molecule has 0 amide bonds. The van der Waals surface area contributed by atoms with Crippen molar-refractivity contribution in [2.45, 2.75) is 205 Å². The third-order valence-electron chi connectivity index (χ3n) is 19.2. The van der Waals surface area contributed by atoms with E-state index in [1.165, 1.54) is 12.7 Å². The first-order valence-corrected chi connectivity index (χ1v) is 24.1. The zero-order valence-electron chi connectivity index (χ0n) is 39.5. The molecule has 0 radical (unpaired) electrons. The lowest BCUT2D eigenvalue weighted by Gasteiger charge is -2.71. The summed E-state index contributed by atoms with van der Waals surface area (Å²) in [6.45, 7) is 14.7. The molecule has 0 aromatic carbocycles. The number of hydrogen-bond acceptors (Lipinski definition) is 17. The fraction of sp³-hybridized carbons (Fsp3) is 0.938. The first kappa shape index (κ1) is 50.0. The van der Waals surface area contributed by atoms with Crippen LogP contribution in [0.25, 0.3) is 0 Å². The van der Waals surface area contributed by atoms with Crippen LogP contribution in [0, 0.1) is 50.2 Å². The molecule has 3 saturated heterocycles. The normalized spacial score (nSPS) is 52.6. The molecule has 0 spiro atoms. The Morgan fingerprint density at radius 1 is 0.662 bits per heavy atom. The molecule has 17 nitrogen and oxygen atoms in total. The van der Waals surface area contributed by atoms with Crippen LogP contribution in [0.15, 0.2) is 11.6 Å². The van der Waals surface area contributed by atoms with Crippen molar-refractivity contribution in [2.24, 2.45) is 50.2 Å². The van der Waals surface area contributed by atoms with Crippen LogP contribution >= 0.6 is 0 Å². The summed E-state index contributed by atoms with van der Waals surface area (Å²) in [6.07, 6.45) is -10.3. The third kappa shape index (κ3) is 7.90. The highest BCUT2D eigenvalue weighted by atomic mass is 16.8. The van der Waals surface area contributed by atoms with Crippen molar-refractivity contribution < 1.29 is 83.9 Å². The maximum absolute atomic E-state index is 13.7. The van der Waals surface area contributed by atoms with E-state index in [1.54, 1.807) is 0 Å². The van der Waals surface area contributed by atoms with Gasteiger partial charge in [-0.3, -0.25) is 4.79 Å². The molecule has 3 aliphatic heterocycles. The van der Waals surface area contributed by atoms with Crippen molar-refractivity contribution in [3.8, 4) is 0 Å². The lowest BCUT2D eigenvalue weighted by molar-refractivity contribution is -0.359. The van der Waals surface area contributed by atoms with Crippen LogP contribution in [-0.2, 0) is 38.0 Å². The zero-order chi connectivity index (χ0) is 47.4. The molecule has 8 rings (SSSR count). The van der Waals surface area contributed by atoms with E-state index >= 15 is 0 Å². The molecule has 3 heterocycles. The number of methoxy groups -OCH3 is 1. The van der Waals surface area contributed by atoms with Gasteiger partial charge in [-0.25, -0.2) is 0 Å². The Hall–Kier alpha value is -1.39. The van der Waals surface area contributed by atoms with Crippen molar-refractivity contribution in [1.29, 1.82) is 0 Å². The molecule has 17 heteroatoms. The summed E-state index contributed by atoms with van der Waals surface area (Å²) in [5.74, 6) is 0.647. The van der Waals surface area contributed by atoms with Crippen molar-refractivity contribution in [2.75, 3.05) is 26.9 Å². The van der Waals surface area contributed by atoms with Crippen LogP contribution in [0.4, 0.5) is 0 Å². The van der Waals surface area contributed by atoms with Crippen molar-refractivity contribution in [3.05, 3.63) is 11.6 Å². The highest BCUT2D eigenvalue weighted by Gasteiger charge is 2.70. The average Bonchev–Trinajstić information content (AvgIpc) is 3.53. The van der Waals surface area contributed by atoms with Crippen LogP contribution in [0.1, 0.15) is 113 Å². The van der Waals surface area contributed by atoms with Gasteiger partial charge < -0.3 is 79.1 Å². The molecule has 0 aromatic heterocycles. The molecule has 4 saturated carbocycles. The number of carbonyl (C=O) groups is 1. The van der Waals surface area contributed by atoms with E-state index in [4.69, 9.17) is 33.2 Å². The average molecular weight is 927 g/mol. The number of rotatable bonds is 10. The standard InChI is InChI=1S/C48H78O17/c1-43(2)15-17-48(42(58)59-8)18-16-46(6)23(24(48)19-43)9-10-29-45(5)13-12-30(44(3,4)28(45)11-14-47(29,46)7)64-41-37(57)38(65-40-35(55)32(52)26(21-50)62-40)33(53)27(63-41)22-60-39-36(56)34(54)31(51)25(20-49)61-39/h9,24-41,49-57H,10-22H2,1-8H3/t24-,25-,26+,27-,28+,29-,30+,31+,32-,33+,34+,35+,36-,37-,38+,39-,40+,41+,45+,46-,47-,48+/m1/s1. The fourth-order valence-electron chi connectivity index (χ4n) is 15.0. The Morgan fingerprint density at radius 2 is 1.26 bits per heavy atom. The number of hydrogen-bond donors (Lipinski definition) is 9. The Morgan fingerprint density at radius 3 is 1.92 bits per heavy atom. The second-order valence-corrected chi connectivity index (χ2v) is 23.2. The second kappa shape index (κ2) is 17.8. The number of fused-ring (bicyclic) bond motifs is 7. The number of aliphatic hydroxyl groups is 9. The summed E-state index contributed by atoms with van der Waals surface area (Å²) < 4.78 is 41.6. The highest BCUT2D eigenvalue weighted by Crippen LogP contribution is 2.76. The minimum absolute atomic E-state index is 0.0248. The van der Waals surface area contributed by atoms with E-state index in [0.29, 0.717) is 12.3 Å². The molecular formula is C48H78O17. The second-order valence-electron chi connectivity index (χ2n) is 23.2. The number of aliphatic hydroxyl groups excluding tert-OH is 9. The van der Waals surface area contributed by atoms with Gasteiger partial charge in [-0.1, -0.05) is 60.1 Å². The van der Waals surface area contributed by atoms with Crippen LogP contribution in [0.5, 0.6) is 0 Å². The van der Waals surface area contributed by atoms with Crippen LogP contribution in [0.2, 0.25) is 0 Å². The smallest absolute Gasteiger partial charge is 0.312 e. The lowest BCUT2D eigenvalue weighted by atomic mass is 9.33. The minimum atomic E-state index is -1.73. The predicted octanol–water partition coefficient (Wildman–Crippen LogP) is 1.43. The minimum Gasteiger partial charge on any atom is -0.469 e. The van der Waals surface area contributed by atoms with Crippen LogP contribution < -0.4 is 0 Å². The topological polar surface area (TPSA) is 264 Å². The summed E-state index contributed by atoms with van der Waals surface area (Å²) in [4.78, 5) is 13.7. The van der Waals surface area contributed by atoms with E-state index in [9.17, 15) is 50.8 Å². The molecule has 5 aliphatic carbocycles. The van der Waals surface area contributed by atoms with Crippen LogP contribution in [0.3, 0.4) is 0 Å². The number of esters is 1. The Bertz CT molecular complexity index is 1760. The van der Waals surface area contributed by atoms with E-state index < -0.39 is 123 Å². The van der Waals surface area contributed by atoms with Gasteiger partial charge >= 0.3 is 5.97 Å². The van der Waals surface area contributed by atoms with Gasteiger partial charge in [-0.15, -0.1) is 0 Å².